The van der Waals surface area contributed by atoms with Crippen molar-refractivity contribution in [3.05, 3.63) is 36.0 Å². The minimum atomic E-state index is 0.0305. The molecule has 5 atom stereocenters. The largest absolute Gasteiger partial charge is 0.497 e. The number of rotatable bonds is 5. The van der Waals surface area contributed by atoms with Gasteiger partial charge in [-0.3, -0.25) is 9.88 Å². The molecular weight excluding hydrogens is 310 g/mol. The summed E-state index contributed by atoms with van der Waals surface area (Å²) in [4.78, 5) is 7.15. The van der Waals surface area contributed by atoms with Crippen molar-refractivity contribution in [2.24, 2.45) is 17.6 Å². The van der Waals surface area contributed by atoms with E-state index in [4.69, 9.17) is 10.5 Å². The number of piperidine rings is 3. The second-order valence-corrected chi connectivity index (χ2v) is 7.70. The maximum atomic E-state index is 6.82. The number of fused-ring (bicyclic) bond motifs is 4. The smallest absolute Gasteiger partial charge is 0.119 e. The zero-order chi connectivity index (χ0) is 17.4. The van der Waals surface area contributed by atoms with Gasteiger partial charge in [-0.15, -0.1) is 0 Å². The van der Waals surface area contributed by atoms with Gasteiger partial charge in [-0.05, 0) is 67.5 Å². The summed E-state index contributed by atoms with van der Waals surface area (Å²) in [5.74, 6) is 2.59. The van der Waals surface area contributed by atoms with Crippen molar-refractivity contribution in [2.75, 3.05) is 20.2 Å². The van der Waals surface area contributed by atoms with Crippen molar-refractivity contribution in [3.63, 3.8) is 0 Å². The van der Waals surface area contributed by atoms with Gasteiger partial charge in [-0.25, -0.2) is 0 Å². The molecular formula is C21H29N3O. The molecule has 0 spiro atoms. The fraction of sp³-hybridized carbons (Fsp3) is 0.571. The third kappa shape index (κ3) is 3.02. The van der Waals surface area contributed by atoms with Gasteiger partial charge in [-0.2, -0.15) is 0 Å². The SMILES string of the molecule is CCCC1CN2CCC1CC2C(N)c1ccnc2ccc(OC)cc12. The molecule has 4 nitrogen and oxygen atoms in total. The van der Waals surface area contributed by atoms with Crippen LogP contribution in [-0.4, -0.2) is 36.1 Å². The van der Waals surface area contributed by atoms with Crippen LogP contribution in [0.2, 0.25) is 0 Å². The summed E-state index contributed by atoms with van der Waals surface area (Å²) in [6, 6.07) is 8.64. The van der Waals surface area contributed by atoms with Crippen LogP contribution in [0.4, 0.5) is 0 Å². The van der Waals surface area contributed by atoms with Gasteiger partial charge < -0.3 is 10.5 Å². The normalized spacial score (nSPS) is 29.7. The van der Waals surface area contributed by atoms with Gasteiger partial charge >= 0.3 is 0 Å². The highest BCUT2D eigenvalue weighted by molar-refractivity contribution is 5.84. The molecule has 2 N–H and O–H groups in total. The van der Waals surface area contributed by atoms with E-state index in [1.807, 2.05) is 18.3 Å². The zero-order valence-corrected chi connectivity index (χ0v) is 15.3. The van der Waals surface area contributed by atoms with Gasteiger partial charge in [0.15, 0.2) is 0 Å². The molecule has 1 aromatic carbocycles. The molecule has 1 aromatic heterocycles. The molecule has 5 unspecified atom stereocenters. The Hall–Kier alpha value is -1.65. The zero-order valence-electron chi connectivity index (χ0n) is 15.3. The number of methoxy groups -OCH3 is 1. The van der Waals surface area contributed by atoms with E-state index in [1.165, 1.54) is 44.3 Å². The van der Waals surface area contributed by atoms with Crippen molar-refractivity contribution in [2.45, 2.75) is 44.7 Å². The molecule has 0 amide bonds. The van der Waals surface area contributed by atoms with Gasteiger partial charge in [-0.1, -0.05) is 13.3 Å². The fourth-order valence-corrected chi connectivity index (χ4v) is 5.02. The first-order valence-corrected chi connectivity index (χ1v) is 9.63. The molecule has 2 bridgehead atoms. The predicted octanol–water partition coefficient (Wildman–Crippen LogP) is 3.75. The number of aromatic nitrogens is 1. The van der Waals surface area contributed by atoms with Gasteiger partial charge in [0, 0.05) is 30.2 Å². The minimum Gasteiger partial charge on any atom is -0.497 e. The van der Waals surface area contributed by atoms with Gasteiger partial charge in [0.2, 0.25) is 0 Å². The van der Waals surface area contributed by atoms with E-state index in [0.29, 0.717) is 6.04 Å². The van der Waals surface area contributed by atoms with Crippen LogP contribution >= 0.6 is 0 Å². The average Bonchev–Trinajstić information content (AvgIpc) is 2.67. The van der Waals surface area contributed by atoms with Crippen molar-refractivity contribution < 1.29 is 4.74 Å². The Morgan fingerprint density at radius 1 is 1.36 bits per heavy atom. The van der Waals surface area contributed by atoms with Gasteiger partial charge in [0.1, 0.15) is 5.75 Å². The third-order valence-electron chi connectivity index (χ3n) is 6.35. The van der Waals surface area contributed by atoms with Crippen LogP contribution in [-0.2, 0) is 0 Å². The van der Waals surface area contributed by atoms with Crippen LogP contribution in [0.15, 0.2) is 30.5 Å². The summed E-state index contributed by atoms with van der Waals surface area (Å²) in [6.45, 7) is 4.73. The number of benzene rings is 1. The molecule has 3 aliphatic rings. The van der Waals surface area contributed by atoms with Crippen LogP contribution < -0.4 is 10.5 Å². The summed E-state index contributed by atoms with van der Waals surface area (Å²) in [6.07, 6.45) is 7.12. The predicted molar refractivity (Wildman–Crippen MR) is 102 cm³/mol. The van der Waals surface area contributed by atoms with E-state index in [-0.39, 0.29) is 6.04 Å². The standard InChI is InChI=1S/C21H29N3O/c1-3-4-15-13-24-10-8-14(15)11-20(24)21(22)17-7-9-23-19-6-5-16(25-2)12-18(17)19/h5-7,9,12,14-15,20-21H,3-4,8,10-11,13,22H2,1-2H3. The van der Waals surface area contributed by atoms with Crippen LogP contribution in [0.1, 0.15) is 44.2 Å². The third-order valence-corrected chi connectivity index (χ3v) is 6.35. The molecule has 3 fully saturated rings. The molecule has 2 aromatic rings. The summed E-state index contributed by atoms with van der Waals surface area (Å²) in [5, 5.41) is 1.13. The van der Waals surface area contributed by atoms with Gasteiger partial charge in [0.25, 0.3) is 0 Å². The maximum absolute atomic E-state index is 6.82. The summed E-state index contributed by atoms with van der Waals surface area (Å²) in [7, 11) is 1.71. The number of hydrogen-bond donors (Lipinski definition) is 1. The lowest BCUT2D eigenvalue weighted by Crippen LogP contribution is -2.56. The highest BCUT2D eigenvalue weighted by atomic mass is 16.5. The fourth-order valence-electron chi connectivity index (χ4n) is 5.02. The van der Waals surface area contributed by atoms with Crippen molar-refractivity contribution in [1.82, 2.24) is 9.88 Å². The molecule has 4 heterocycles. The Labute approximate surface area is 150 Å². The minimum absolute atomic E-state index is 0.0305. The summed E-state index contributed by atoms with van der Waals surface area (Å²) < 4.78 is 5.41. The van der Waals surface area contributed by atoms with E-state index in [0.717, 1.165) is 28.5 Å². The topological polar surface area (TPSA) is 51.4 Å². The molecule has 5 rings (SSSR count). The molecule has 0 radical (unpaired) electrons. The lowest BCUT2D eigenvalue weighted by molar-refractivity contribution is -0.0124. The van der Waals surface area contributed by atoms with E-state index >= 15 is 0 Å². The van der Waals surface area contributed by atoms with Crippen molar-refractivity contribution >= 4 is 10.9 Å². The first-order chi connectivity index (χ1) is 12.2. The first-order valence-electron chi connectivity index (χ1n) is 9.63. The summed E-state index contributed by atoms with van der Waals surface area (Å²) >= 11 is 0. The number of nitrogens with two attached hydrogens (primary N) is 1. The Morgan fingerprint density at radius 2 is 2.24 bits per heavy atom. The van der Waals surface area contributed by atoms with Crippen LogP contribution in [0, 0.1) is 11.8 Å². The van der Waals surface area contributed by atoms with E-state index in [2.05, 4.69) is 28.9 Å². The van der Waals surface area contributed by atoms with Crippen LogP contribution in [0.25, 0.3) is 10.9 Å². The molecule has 0 aliphatic carbocycles. The Kier molecular flexibility index (Phi) is 4.65. The lowest BCUT2D eigenvalue weighted by atomic mass is 9.71. The second-order valence-electron chi connectivity index (χ2n) is 7.70. The number of hydrogen-bond acceptors (Lipinski definition) is 4. The van der Waals surface area contributed by atoms with Crippen LogP contribution in [0.3, 0.4) is 0 Å². The second kappa shape index (κ2) is 6.93. The number of pyridine rings is 1. The molecule has 25 heavy (non-hydrogen) atoms. The monoisotopic (exact) mass is 339 g/mol. The molecule has 134 valence electrons. The van der Waals surface area contributed by atoms with Gasteiger partial charge in [0.05, 0.1) is 12.6 Å². The van der Waals surface area contributed by atoms with E-state index in [1.54, 1.807) is 7.11 Å². The highest BCUT2D eigenvalue weighted by Gasteiger charge is 2.42. The van der Waals surface area contributed by atoms with Crippen LogP contribution in [0.5, 0.6) is 5.75 Å². The highest BCUT2D eigenvalue weighted by Crippen LogP contribution is 2.42. The van der Waals surface area contributed by atoms with E-state index < -0.39 is 0 Å². The van der Waals surface area contributed by atoms with E-state index in [9.17, 15) is 0 Å². The average molecular weight is 339 g/mol. The van der Waals surface area contributed by atoms with Crippen molar-refractivity contribution in [3.8, 4) is 5.75 Å². The first kappa shape index (κ1) is 16.8. The Bertz CT molecular complexity index is 747. The number of ether oxygens (including phenoxy) is 1. The molecule has 3 saturated heterocycles. The van der Waals surface area contributed by atoms with Crippen molar-refractivity contribution in [1.29, 1.82) is 0 Å². The summed E-state index contributed by atoms with van der Waals surface area (Å²) in [5.41, 5.74) is 9.02. The maximum Gasteiger partial charge on any atom is 0.119 e. The Balaban J connectivity index is 1.63. The molecule has 3 aliphatic heterocycles. The molecule has 0 saturated carbocycles. The Morgan fingerprint density at radius 3 is 2.96 bits per heavy atom. The number of nitrogens with zero attached hydrogens (tertiary/aromatic N) is 2. The lowest BCUT2D eigenvalue weighted by Gasteiger charge is -2.52. The molecule has 4 heteroatoms. The quantitative estimate of drug-likeness (QED) is 0.901.